The zero-order valence-electron chi connectivity index (χ0n) is 12.9. The normalized spacial score (nSPS) is 14.1. The maximum absolute atomic E-state index is 11.9. The van der Waals surface area contributed by atoms with Crippen molar-refractivity contribution in [2.75, 3.05) is 20.2 Å². The Bertz CT molecular complexity index is 434. The second kappa shape index (κ2) is 8.02. The zero-order valence-corrected chi connectivity index (χ0v) is 12.9. The summed E-state index contributed by atoms with van der Waals surface area (Å²) in [5.41, 5.74) is 2.51. The number of amides is 1. The standard InChI is InChI=1S/C16H26N2O2/c1-12-7-5-6-8-15(12)9-13(2)17-16(20)10-18(4)14(3)11-19/h5-8,13-14,19H,9-11H2,1-4H3,(H,17,20). The average Bonchev–Trinajstić information content (AvgIpc) is 2.40. The summed E-state index contributed by atoms with van der Waals surface area (Å²) in [7, 11) is 1.84. The maximum Gasteiger partial charge on any atom is 0.234 e. The molecule has 1 aromatic rings. The number of carbonyl (C=O) groups excluding carboxylic acids is 1. The Hall–Kier alpha value is -1.39. The van der Waals surface area contributed by atoms with Gasteiger partial charge in [0.1, 0.15) is 0 Å². The SMILES string of the molecule is Cc1ccccc1CC(C)NC(=O)CN(C)C(C)CO. The fourth-order valence-corrected chi connectivity index (χ4v) is 2.06. The van der Waals surface area contributed by atoms with Crippen LogP contribution in [0.1, 0.15) is 25.0 Å². The zero-order chi connectivity index (χ0) is 15.1. The number of hydrogen-bond acceptors (Lipinski definition) is 3. The van der Waals surface area contributed by atoms with Gasteiger partial charge in [0.25, 0.3) is 0 Å². The quantitative estimate of drug-likeness (QED) is 0.792. The van der Waals surface area contributed by atoms with Gasteiger partial charge in [-0.15, -0.1) is 0 Å². The lowest BCUT2D eigenvalue weighted by Crippen LogP contribution is -2.44. The van der Waals surface area contributed by atoms with Crippen LogP contribution in [-0.4, -0.2) is 48.2 Å². The molecule has 0 heterocycles. The smallest absolute Gasteiger partial charge is 0.234 e. The Labute approximate surface area is 121 Å². The van der Waals surface area contributed by atoms with E-state index >= 15 is 0 Å². The molecule has 0 aliphatic heterocycles. The lowest BCUT2D eigenvalue weighted by atomic mass is 10.0. The van der Waals surface area contributed by atoms with Crippen molar-refractivity contribution in [1.82, 2.24) is 10.2 Å². The minimum absolute atomic E-state index is 0.00566. The molecule has 0 saturated carbocycles. The minimum atomic E-state index is -0.00701. The highest BCUT2D eigenvalue weighted by Gasteiger charge is 2.14. The highest BCUT2D eigenvalue weighted by molar-refractivity contribution is 5.78. The fourth-order valence-electron chi connectivity index (χ4n) is 2.06. The van der Waals surface area contributed by atoms with E-state index in [9.17, 15) is 4.79 Å². The summed E-state index contributed by atoms with van der Waals surface area (Å²) in [6, 6.07) is 8.31. The Morgan fingerprint density at radius 3 is 2.60 bits per heavy atom. The molecule has 2 atom stereocenters. The number of likely N-dealkylation sites (N-methyl/N-ethyl adjacent to an activating group) is 1. The number of aryl methyl sites for hydroxylation is 1. The van der Waals surface area contributed by atoms with E-state index in [1.807, 2.05) is 37.9 Å². The molecule has 4 nitrogen and oxygen atoms in total. The number of nitrogens with one attached hydrogen (secondary N) is 1. The van der Waals surface area contributed by atoms with Crippen LogP contribution in [0.4, 0.5) is 0 Å². The van der Waals surface area contributed by atoms with Gasteiger partial charge in [-0.3, -0.25) is 9.69 Å². The Balaban J connectivity index is 2.44. The highest BCUT2D eigenvalue weighted by atomic mass is 16.3. The van der Waals surface area contributed by atoms with Crippen molar-refractivity contribution < 1.29 is 9.90 Å². The van der Waals surface area contributed by atoms with Crippen molar-refractivity contribution >= 4 is 5.91 Å². The predicted molar refractivity (Wildman–Crippen MR) is 81.7 cm³/mol. The highest BCUT2D eigenvalue weighted by Crippen LogP contribution is 2.09. The molecule has 4 heteroatoms. The lowest BCUT2D eigenvalue weighted by Gasteiger charge is -2.23. The first-order valence-electron chi connectivity index (χ1n) is 7.09. The van der Waals surface area contributed by atoms with E-state index in [0.29, 0.717) is 6.54 Å². The Kier molecular flexibility index (Phi) is 6.68. The monoisotopic (exact) mass is 278 g/mol. The van der Waals surface area contributed by atoms with Gasteiger partial charge in [0.2, 0.25) is 5.91 Å². The van der Waals surface area contributed by atoms with Crippen LogP contribution in [0.5, 0.6) is 0 Å². The first kappa shape index (κ1) is 16.7. The molecule has 0 aliphatic carbocycles. The van der Waals surface area contributed by atoms with Gasteiger partial charge in [-0.05, 0) is 45.4 Å². The third kappa shape index (κ3) is 5.31. The van der Waals surface area contributed by atoms with Gasteiger partial charge >= 0.3 is 0 Å². The first-order chi connectivity index (χ1) is 9.43. The van der Waals surface area contributed by atoms with Crippen molar-refractivity contribution in [3.8, 4) is 0 Å². The molecule has 1 rings (SSSR count). The van der Waals surface area contributed by atoms with Gasteiger partial charge in [-0.25, -0.2) is 0 Å². The lowest BCUT2D eigenvalue weighted by molar-refractivity contribution is -0.123. The summed E-state index contributed by atoms with van der Waals surface area (Å²) in [5.74, 6) is -0.00566. The van der Waals surface area contributed by atoms with Crippen LogP contribution in [-0.2, 0) is 11.2 Å². The van der Waals surface area contributed by atoms with Crippen LogP contribution in [0, 0.1) is 6.92 Å². The minimum Gasteiger partial charge on any atom is -0.395 e. The summed E-state index contributed by atoms with van der Waals surface area (Å²) < 4.78 is 0. The molecule has 0 aliphatic rings. The van der Waals surface area contributed by atoms with E-state index in [-0.39, 0.29) is 24.6 Å². The molecule has 2 N–H and O–H groups in total. The summed E-state index contributed by atoms with van der Waals surface area (Å²) in [5, 5.41) is 12.1. The van der Waals surface area contributed by atoms with Crippen molar-refractivity contribution in [1.29, 1.82) is 0 Å². The van der Waals surface area contributed by atoms with E-state index in [4.69, 9.17) is 5.11 Å². The molecule has 0 radical (unpaired) electrons. The van der Waals surface area contributed by atoms with Gasteiger partial charge in [0.15, 0.2) is 0 Å². The number of rotatable bonds is 7. The number of benzene rings is 1. The summed E-state index contributed by atoms with van der Waals surface area (Å²) in [4.78, 5) is 13.8. The molecule has 20 heavy (non-hydrogen) atoms. The molecule has 0 aromatic heterocycles. The van der Waals surface area contributed by atoms with Crippen LogP contribution >= 0.6 is 0 Å². The summed E-state index contributed by atoms with van der Waals surface area (Å²) in [6.07, 6.45) is 0.831. The number of aliphatic hydroxyl groups excluding tert-OH is 1. The molecule has 0 bridgehead atoms. The van der Waals surface area contributed by atoms with Crippen molar-refractivity contribution in [2.45, 2.75) is 39.3 Å². The van der Waals surface area contributed by atoms with E-state index < -0.39 is 0 Å². The maximum atomic E-state index is 11.9. The van der Waals surface area contributed by atoms with Crippen LogP contribution in [0.15, 0.2) is 24.3 Å². The molecule has 0 saturated heterocycles. The molecule has 2 unspecified atom stereocenters. The molecular weight excluding hydrogens is 252 g/mol. The number of aliphatic hydroxyl groups is 1. The molecule has 0 spiro atoms. The average molecular weight is 278 g/mol. The topological polar surface area (TPSA) is 52.6 Å². The molecule has 112 valence electrons. The van der Waals surface area contributed by atoms with E-state index in [1.165, 1.54) is 11.1 Å². The van der Waals surface area contributed by atoms with Crippen LogP contribution < -0.4 is 5.32 Å². The molecule has 1 aromatic carbocycles. The van der Waals surface area contributed by atoms with Crippen LogP contribution in [0.2, 0.25) is 0 Å². The fraction of sp³-hybridized carbons (Fsp3) is 0.562. The van der Waals surface area contributed by atoms with E-state index in [0.717, 1.165) is 6.42 Å². The van der Waals surface area contributed by atoms with Gasteiger partial charge in [0, 0.05) is 12.1 Å². The van der Waals surface area contributed by atoms with E-state index in [2.05, 4.69) is 24.4 Å². The Morgan fingerprint density at radius 1 is 1.35 bits per heavy atom. The van der Waals surface area contributed by atoms with Crippen molar-refractivity contribution in [2.24, 2.45) is 0 Å². The second-order valence-electron chi connectivity index (χ2n) is 5.55. The predicted octanol–water partition coefficient (Wildman–Crippen LogP) is 1.35. The third-order valence-corrected chi connectivity index (χ3v) is 3.60. The van der Waals surface area contributed by atoms with Gasteiger partial charge in [-0.1, -0.05) is 24.3 Å². The number of nitrogens with zero attached hydrogens (tertiary/aromatic N) is 1. The molecule has 0 fully saturated rings. The van der Waals surface area contributed by atoms with Gasteiger partial charge < -0.3 is 10.4 Å². The molecule has 1 amide bonds. The van der Waals surface area contributed by atoms with Gasteiger partial charge in [0.05, 0.1) is 13.2 Å². The van der Waals surface area contributed by atoms with Crippen LogP contribution in [0.3, 0.4) is 0 Å². The first-order valence-corrected chi connectivity index (χ1v) is 7.09. The number of hydrogen-bond donors (Lipinski definition) is 2. The Morgan fingerprint density at radius 2 is 2.00 bits per heavy atom. The second-order valence-corrected chi connectivity index (χ2v) is 5.55. The largest absolute Gasteiger partial charge is 0.395 e. The molecular formula is C16H26N2O2. The number of carbonyl (C=O) groups is 1. The van der Waals surface area contributed by atoms with E-state index in [1.54, 1.807) is 0 Å². The summed E-state index contributed by atoms with van der Waals surface area (Å²) >= 11 is 0. The summed E-state index contributed by atoms with van der Waals surface area (Å²) in [6.45, 7) is 6.35. The van der Waals surface area contributed by atoms with Crippen molar-refractivity contribution in [3.63, 3.8) is 0 Å². The van der Waals surface area contributed by atoms with Crippen molar-refractivity contribution in [3.05, 3.63) is 35.4 Å². The third-order valence-electron chi connectivity index (χ3n) is 3.60. The van der Waals surface area contributed by atoms with Crippen LogP contribution in [0.25, 0.3) is 0 Å². The van der Waals surface area contributed by atoms with Gasteiger partial charge in [-0.2, -0.15) is 0 Å².